The maximum Gasteiger partial charge on any atom is 0.338 e. The van der Waals surface area contributed by atoms with Crippen molar-refractivity contribution in [3.8, 4) is 5.75 Å². The van der Waals surface area contributed by atoms with Crippen molar-refractivity contribution in [2.24, 2.45) is 0 Å². The fourth-order valence-electron chi connectivity index (χ4n) is 11.4. The van der Waals surface area contributed by atoms with Gasteiger partial charge in [0.1, 0.15) is 183 Å². The minimum Gasteiger partial charge on any atom is -0.497 e. The number of hydrogen-bond acceptors (Lipinski definition) is 37. The third-order valence-electron chi connectivity index (χ3n) is 16.3. The number of rotatable bonds is 10. The van der Waals surface area contributed by atoms with Crippen LogP contribution in [0.1, 0.15) is 10.4 Å². The van der Waals surface area contributed by atoms with Crippen LogP contribution in [0.25, 0.3) is 0 Å². The Kier molecular flexibility index (Phi) is 23.1. The molecule has 37 nitrogen and oxygen atoms in total. The summed E-state index contributed by atoms with van der Waals surface area (Å²) in [6, 6.07) is 5.61. The quantitative estimate of drug-likeness (QED) is 0.0967. The highest BCUT2D eigenvalue weighted by Crippen LogP contribution is 2.39. The van der Waals surface area contributed by atoms with Crippen LogP contribution < -0.4 is 4.74 Å². The van der Waals surface area contributed by atoms with Crippen LogP contribution in [0.3, 0.4) is 0 Å². The van der Waals surface area contributed by atoms with Crippen LogP contribution >= 0.6 is 0 Å². The zero-order valence-corrected chi connectivity index (χ0v) is 45.9. The van der Waals surface area contributed by atoms with Crippen molar-refractivity contribution < 1.29 is 183 Å². The lowest BCUT2D eigenvalue weighted by atomic mass is 9.95. The molecule has 22 rings (SSSR count). The molecule has 1 aromatic rings. The lowest BCUT2D eigenvalue weighted by molar-refractivity contribution is -0.396. The summed E-state index contributed by atoms with van der Waals surface area (Å²) in [5, 5.41) is 223. The van der Waals surface area contributed by atoms with E-state index in [1.165, 1.54) is 31.4 Å². The van der Waals surface area contributed by atoms with Crippen molar-refractivity contribution in [3.05, 3.63) is 29.8 Å². The van der Waals surface area contributed by atoms with E-state index >= 15 is 0 Å². The van der Waals surface area contributed by atoms with E-state index in [4.69, 9.17) is 75.8 Å². The van der Waals surface area contributed by atoms with Crippen LogP contribution in [-0.4, -0.2) is 376 Å². The molecule has 498 valence electrons. The summed E-state index contributed by atoms with van der Waals surface area (Å²) < 4.78 is 91.5. The Labute approximate surface area is 491 Å². The van der Waals surface area contributed by atoms with Gasteiger partial charge in [-0.1, -0.05) is 6.07 Å². The molecular weight excluding hydrogens is 1190 g/mol. The van der Waals surface area contributed by atoms with Gasteiger partial charge in [-0.15, -0.1) is 0 Å². The van der Waals surface area contributed by atoms with Gasteiger partial charge in [0.2, 0.25) is 0 Å². The number of carbonyl (C=O) groups is 1. The van der Waals surface area contributed by atoms with E-state index in [0.717, 1.165) is 0 Å². The van der Waals surface area contributed by atoms with Crippen LogP contribution in [0, 0.1) is 0 Å². The molecular formula is C50H76O37. The predicted octanol–water partition coefficient (Wildman–Crippen LogP) is -13.4. The summed E-state index contributed by atoms with van der Waals surface area (Å²) in [5.41, 5.74) is -0.0692. The third-order valence-corrected chi connectivity index (χ3v) is 16.3. The summed E-state index contributed by atoms with van der Waals surface area (Å²) in [7, 11) is 1.33. The number of aliphatic hydroxyl groups is 20. The van der Waals surface area contributed by atoms with Gasteiger partial charge < -0.3 is 178 Å². The number of benzene rings is 1. The summed E-state index contributed by atoms with van der Waals surface area (Å²) in [5.74, 6) is -0.789. The Hall–Kier alpha value is -2.87. The molecule has 21 fully saturated rings. The predicted molar refractivity (Wildman–Crippen MR) is 265 cm³/mol. The number of esters is 1. The standard InChI is InChI=1S/C50H76O37/c1-72-14-4-2-3-13(5-14)43(71)73-12-21-42-28(63)35(70)50(80-21)86-41-20(11-56)78-48(33(68)26(41)61)84-39-18(9-54)76-46(31(66)24(39)59)82-37-16(7-52)74-44(29(64)22(37)57)81-36-15(6-51)75-45(30(65)23(36)58)83-38-17(8-53)77-47(32(67)25(38)60)85-40-19(10-55)79-49(87-42)34(69)27(40)62/h2-5,15-42,44-70H,6-12H2,1H3/t15-,16-,17-,18-,19-,20-,21-,22-,23-,24-,25-,26-,27-,28-,29-,30-,31-,32-,33-,34-,35-,36-,37-,38-,39-,40-,41-,42-,44-,45-,46-,47-,48-,49-,50-/m1/s1. The number of methoxy groups -OCH3 is 1. The van der Waals surface area contributed by atoms with Gasteiger partial charge in [-0.05, 0) is 18.2 Å². The minimum absolute atomic E-state index is 0.0692. The lowest BCUT2D eigenvalue weighted by Gasteiger charge is -2.50. The highest BCUT2D eigenvalue weighted by atomic mass is 16.8. The molecule has 21 saturated heterocycles. The van der Waals surface area contributed by atoms with Gasteiger partial charge in [0.25, 0.3) is 0 Å². The monoisotopic (exact) mass is 1270 g/mol. The SMILES string of the molecule is COc1cccc(C(=O)OC[C@H]2O[C@@H]3O[C@H]4[C@H](O)[C@@H](O)[C@@H](O[C@H]5[C@H](O)[C@@H](O)[C@@H](O[C@H]6[C@H](O)[C@@H](O)[C@@H](O[C@H]7[C@H](O)[C@@H](O)[C@@H](O[C@H]8[C@H](O)[C@@H](O)[C@@H](O[C@H]9[C@H](O)[C@@H](O)[C@@H](O[C@H]2[C@H](O)[C@H]3O)O[C@@H]9CO)O[C@@H]8CO)O[C@@H]7CO)O[C@@H]6CO)O[C@@H]5CO)O[C@@H]4CO)c1. The van der Waals surface area contributed by atoms with Gasteiger partial charge in [-0.2, -0.15) is 0 Å². The summed E-state index contributed by atoms with van der Waals surface area (Å²) in [4.78, 5) is 13.4. The summed E-state index contributed by atoms with van der Waals surface area (Å²) in [6.07, 6.45) is -71.9. The molecule has 21 heterocycles. The molecule has 21 aliphatic heterocycles. The molecule has 1 aromatic carbocycles. The first-order chi connectivity index (χ1) is 41.5. The third kappa shape index (κ3) is 13.9. The van der Waals surface area contributed by atoms with Crippen molar-refractivity contribution in [2.75, 3.05) is 53.4 Å². The molecule has 0 unspecified atom stereocenters. The summed E-state index contributed by atoms with van der Waals surface area (Å²) >= 11 is 0. The Balaban J connectivity index is 1.02. The molecule has 0 aliphatic carbocycles. The van der Waals surface area contributed by atoms with Gasteiger partial charge in [0.15, 0.2) is 44.0 Å². The first-order valence-corrected chi connectivity index (χ1v) is 27.7. The van der Waals surface area contributed by atoms with Gasteiger partial charge in [0, 0.05) is 0 Å². The van der Waals surface area contributed by atoms with Crippen LogP contribution in [0.2, 0.25) is 0 Å². The Morgan fingerprint density at radius 1 is 0.333 bits per heavy atom. The zero-order chi connectivity index (χ0) is 63.0. The summed E-state index contributed by atoms with van der Waals surface area (Å²) in [6.45, 7) is -7.36. The van der Waals surface area contributed by atoms with Crippen molar-refractivity contribution in [3.63, 3.8) is 0 Å². The normalized spacial score (nSPS) is 50.2. The number of carbonyl (C=O) groups excluding carboxylic acids is 1. The molecule has 0 saturated carbocycles. The highest BCUT2D eigenvalue weighted by molar-refractivity contribution is 5.89. The van der Waals surface area contributed by atoms with E-state index in [1.54, 1.807) is 0 Å². The first-order valence-electron chi connectivity index (χ1n) is 27.7. The molecule has 14 bridgehead atoms. The molecule has 37 heteroatoms. The smallest absolute Gasteiger partial charge is 0.338 e. The topological polar surface area (TPSA) is 569 Å². The molecule has 0 radical (unpaired) electrons. The van der Waals surface area contributed by atoms with Crippen LogP contribution in [0.5, 0.6) is 5.75 Å². The first kappa shape index (κ1) is 68.5. The van der Waals surface area contributed by atoms with Gasteiger partial charge in [-0.3, -0.25) is 0 Å². The molecule has 87 heavy (non-hydrogen) atoms. The maximum atomic E-state index is 13.4. The molecule has 20 N–H and O–H groups in total. The average molecular weight is 1270 g/mol. The molecule has 21 aliphatic rings. The van der Waals surface area contributed by atoms with Crippen LogP contribution in [-0.2, 0) is 71.1 Å². The van der Waals surface area contributed by atoms with E-state index in [0.29, 0.717) is 0 Å². The second-order valence-corrected chi connectivity index (χ2v) is 21.8. The second-order valence-electron chi connectivity index (χ2n) is 21.8. The molecule has 0 aromatic heterocycles. The lowest BCUT2D eigenvalue weighted by Crippen LogP contribution is -2.68. The highest BCUT2D eigenvalue weighted by Gasteiger charge is 2.60. The van der Waals surface area contributed by atoms with E-state index < -0.39 is 267 Å². The van der Waals surface area contributed by atoms with Gasteiger partial charge in [-0.25, -0.2) is 4.79 Å². The fourth-order valence-corrected chi connectivity index (χ4v) is 11.4. The van der Waals surface area contributed by atoms with E-state index in [2.05, 4.69) is 0 Å². The Morgan fingerprint density at radius 2 is 0.552 bits per heavy atom. The largest absolute Gasteiger partial charge is 0.497 e. The molecule has 35 atom stereocenters. The van der Waals surface area contributed by atoms with Gasteiger partial charge in [0.05, 0.1) is 52.3 Å². The zero-order valence-electron chi connectivity index (χ0n) is 45.9. The van der Waals surface area contributed by atoms with Crippen LogP contribution in [0.4, 0.5) is 0 Å². The van der Waals surface area contributed by atoms with Crippen molar-refractivity contribution in [1.82, 2.24) is 0 Å². The van der Waals surface area contributed by atoms with Crippen molar-refractivity contribution in [2.45, 2.75) is 215 Å². The second kappa shape index (κ2) is 29.4. The molecule has 0 amide bonds. The molecule has 0 spiro atoms. The van der Waals surface area contributed by atoms with Crippen molar-refractivity contribution >= 4 is 5.97 Å². The number of ether oxygens (including phenoxy) is 16. The van der Waals surface area contributed by atoms with E-state index in [9.17, 15) is 107 Å². The van der Waals surface area contributed by atoms with Crippen molar-refractivity contribution in [1.29, 1.82) is 0 Å². The van der Waals surface area contributed by atoms with E-state index in [-0.39, 0.29) is 11.3 Å². The Morgan fingerprint density at radius 3 is 0.770 bits per heavy atom. The Bertz CT molecular complexity index is 2320. The van der Waals surface area contributed by atoms with E-state index in [1.807, 2.05) is 0 Å². The maximum absolute atomic E-state index is 13.4. The minimum atomic E-state index is -2.29. The number of aliphatic hydroxyl groups excluding tert-OH is 20. The van der Waals surface area contributed by atoms with Crippen LogP contribution in [0.15, 0.2) is 24.3 Å². The average Bonchev–Trinajstić information content (AvgIpc) is 1.13. The fraction of sp³-hybridized carbons (Fsp3) is 0.860. The van der Waals surface area contributed by atoms with Gasteiger partial charge >= 0.3 is 5.97 Å². The number of hydrogen-bond donors (Lipinski definition) is 20.